The molecule has 8 atom stereocenters. The largest absolute Gasteiger partial charge is 0.461 e. The second kappa shape index (κ2) is 8.49. The zero-order valence-electron chi connectivity index (χ0n) is 20.9. The number of carbonyl (C=O) groups is 2. The molecule has 4 saturated carbocycles. The van der Waals surface area contributed by atoms with Crippen molar-refractivity contribution in [3.05, 3.63) is 11.9 Å². The number of ketones is 1. The summed E-state index contributed by atoms with van der Waals surface area (Å²) in [6.07, 6.45) is 13.2. The highest BCUT2D eigenvalue weighted by Gasteiger charge is 2.60. The maximum absolute atomic E-state index is 13.5. The first-order valence-electron chi connectivity index (χ1n) is 13.4. The lowest BCUT2D eigenvalue weighted by Gasteiger charge is -2.61. The first kappa shape index (κ1) is 23.0. The van der Waals surface area contributed by atoms with E-state index in [0.717, 1.165) is 30.1 Å². The molecule has 0 saturated heterocycles. The zero-order chi connectivity index (χ0) is 23.4. The van der Waals surface area contributed by atoms with Gasteiger partial charge in [-0.3, -0.25) is 4.79 Å². The van der Waals surface area contributed by atoms with Crippen molar-refractivity contribution >= 4 is 11.8 Å². The van der Waals surface area contributed by atoms with Crippen LogP contribution >= 0.6 is 0 Å². The molecule has 0 N–H and O–H groups in total. The van der Waals surface area contributed by atoms with Crippen LogP contribution in [0.2, 0.25) is 0 Å². The van der Waals surface area contributed by atoms with Crippen molar-refractivity contribution in [3.63, 3.8) is 0 Å². The zero-order valence-corrected chi connectivity index (χ0v) is 20.9. The van der Waals surface area contributed by atoms with Crippen LogP contribution < -0.4 is 0 Å². The smallest absolute Gasteiger partial charge is 0.360 e. The summed E-state index contributed by atoms with van der Waals surface area (Å²) in [6.45, 7) is 9.73. The van der Waals surface area contributed by atoms with Gasteiger partial charge in [0.15, 0.2) is 11.5 Å². The maximum Gasteiger partial charge on any atom is 0.360 e. The summed E-state index contributed by atoms with van der Waals surface area (Å²) in [7, 11) is 0. The Morgan fingerprint density at radius 2 is 1.82 bits per heavy atom. The Labute approximate surface area is 198 Å². The van der Waals surface area contributed by atoms with Crippen LogP contribution in [0.5, 0.6) is 0 Å². The van der Waals surface area contributed by atoms with Gasteiger partial charge in [0.1, 0.15) is 6.54 Å². The van der Waals surface area contributed by atoms with Gasteiger partial charge in [0.25, 0.3) is 0 Å². The molecule has 6 nitrogen and oxygen atoms in total. The lowest BCUT2D eigenvalue weighted by Crippen LogP contribution is -2.53. The van der Waals surface area contributed by atoms with E-state index in [-0.39, 0.29) is 29.4 Å². The molecule has 5 rings (SSSR count). The average molecular weight is 456 g/mol. The van der Waals surface area contributed by atoms with Crippen molar-refractivity contribution in [3.8, 4) is 0 Å². The Morgan fingerprint density at radius 3 is 2.61 bits per heavy atom. The van der Waals surface area contributed by atoms with Crippen molar-refractivity contribution in [2.75, 3.05) is 6.61 Å². The molecule has 8 unspecified atom stereocenters. The van der Waals surface area contributed by atoms with Crippen LogP contribution in [0.3, 0.4) is 0 Å². The summed E-state index contributed by atoms with van der Waals surface area (Å²) in [5.41, 5.74) is 0.796. The third-order valence-electron chi connectivity index (χ3n) is 10.7. The van der Waals surface area contributed by atoms with E-state index in [2.05, 4.69) is 31.1 Å². The minimum Gasteiger partial charge on any atom is -0.461 e. The minimum atomic E-state index is -0.483. The van der Waals surface area contributed by atoms with Gasteiger partial charge < -0.3 is 4.74 Å². The summed E-state index contributed by atoms with van der Waals surface area (Å²) in [5, 5.41) is 7.93. The average Bonchev–Trinajstić information content (AvgIpc) is 3.38. The van der Waals surface area contributed by atoms with Crippen molar-refractivity contribution in [2.24, 2.45) is 46.3 Å². The van der Waals surface area contributed by atoms with Gasteiger partial charge in [0.05, 0.1) is 12.8 Å². The number of fused-ring (bicyclic) bond motifs is 5. The molecule has 6 heteroatoms. The van der Waals surface area contributed by atoms with Crippen molar-refractivity contribution in [1.29, 1.82) is 0 Å². The first-order valence-corrected chi connectivity index (χ1v) is 13.4. The highest BCUT2D eigenvalue weighted by atomic mass is 16.5. The fraction of sp³-hybridized carbons (Fsp3) is 0.852. The molecule has 4 aliphatic rings. The number of hydrogen-bond donors (Lipinski definition) is 0. The molecule has 0 aromatic carbocycles. The number of rotatable bonds is 5. The van der Waals surface area contributed by atoms with Crippen molar-refractivity contribution in [2.45, 2.75) is 92.0 Å². The Kier molecular flexibility index (Phi) is 5.93. The van der Waals surface area contributed by atoms with Crippen LogP contribution in [-0.2, 0) is 16.1 Å². The summed E-state index contributed by atoms with van der Waals surface area (Å²) in [6, 6.07) is 0. The van der Waals surface area contributed by atoms with E-state index in [4.69, 9.17) is 4.74 Å². The van der Waals surface area contributed by atoms with E-state index in [1.54, 1.807) is 13.1 Å². The maximum atomic E-state index is 13.5. The number of Topliss-reactive ketones (excluding diaryl/α,β-unsaturated/α-hetero) is 1. The lowest BCUT2D eigenvalue weighted by molar-refractivity contribution is -0.137. The van der Waals surface area contributed by atoms with E-state index >= 15 is 0 Å². The molecule has 4 aliphatic carbocycles. The Balaban J connectivity index is 1.29. The quantitative estimate of drug-likeness (QED) is 0.562. The summed E-state index contributed by atoms with van der Waals surface area (Å²) < 4.78 is 6.52. The second-order valence-corrected chi connectivity index (χ2v) is 12.2. The summed E-state index contributed by atoms with van der Waals surface area (Å²) in [5.74, 6) is 3.98. The van der Waals surface area contributed by atoms with Crippen LogP contribution in [0, 0.1) is 46.3 Å². The number of hydrogen-bond acceptors (Lipinski definition) is 5. The van der Waals surface area contributed by atoms with Crippen LogP contribution in [0.25, 0.3) is 0 Å². The van der Waals surface area contributed by atoms with Crippen molar-refractivity contribution in [1.82, 2.24) is 15.0 Å². The van der Waals surface area contributed by atoms with Gasteiger partial charge in [-0.2, -0.15) is 0 Å². The standard InChI is InChI=1S/C27H41N3O3/c1-5-33-25(32)23-15-30(29-28-23)16-24(31)22-9-8-20-19-7-6-18-14-17(2)10-12-26(18,3)21(19)11-13-27(20,22)4/h15,17-22H,5-14,16H2,1-4H3. The van der Waals surface area contributed by atoms with Gasteiger partial charge in [-0.15, -0.1) is 5.10 Å². The molecule has 1 aromatic heterocycles. The molecule has 4 fully saturated rings. The fourth-order valence-electron chi connectivity index (χ4n) is 8.95. The lowest BCUT2D eigenvalue weighted by atomic mass is 9.44. The molecular formula is C27H41N3O3. The third kappa shape index (κ3) is 3.76. The van der Waals surface area contributed by atoms with Crippen LogP contribution in [0.1, 0.15) is 96.0 Å². The fourth-order valence-corrected chi connectivity index (χ4v) is 8.95. The molecule has 0 bridgehead atoms. The number of nitrogens with zero attached hydrogens (tertiary/aromatic N) is 3. The number of aromatic nitrogens is 3. The molecular weight excluding hydrogens is 414 g/mol. The molecule has 0 radical (unpaired) electrons. The van der Waals surface area contributed by atoms with Gasteiger partial charge >= 0.3 is 5.97 Å². The highest BCUT2D eigenvalue weighted by Crippen LogP contribution is 2.67. The molecule has 33 heavy (non-hydrogen) atoms. The number of ether oxygens (including phenoxy) is 1. The first-order chi connectivity index (χ1) is 15.8. The van der Waals surface area contributed by atoms with Gasteiger partial charge in [0, 0.05) is 5.92 Å². The molecule has 0 aliphatic heterocycles. The van der Waals surface area contributed by atoms with E-state index in [0.29, 0.717) is 17.9 Å². The highest BCUT2D eigenvalue weighted by molar-refractivity contribution is 5.87. The predicted molar refractivity (Wildman–Crippen MR) is 125 cm³/mol. The van der Waals surface area contributed by atoms with Crippen LogP contribution in [0.4, 0.5) is 0 Å². The van der Waals surface area contributed by atoms with Gasteiger partial charge in [-0.25, -0.2) is 9.48 Å². The molecule has 182 valence electrons. The van der Waals surface area contributed by atoms with Crippen LogP contribution in [-0.4, -0.2) is 33.4 Å². The number of carbonyl (C=O) groups excluding carboxylic acids is 2. The van der Waals surface area contributed by atoms with Gasteiger partial charge in [-0.1, -0.05) is 32.4 Å². The van der Waals surface area contributed by atoms with Crippen molar-refractivity contribution < 1.29 is 14.3 Å². The Bertz CT molecular complexity index is 912. The second-order valence-electron chi connectivity index (χ2n) is 12.2. The SMILES string of the molecule is CCOC(=O)c1cn(CC(=O)C2CCC3C4CCC5CC(C)CCC5(C)C4CCC23C)nn1. The van der Waals surface area contributed by atoms with E-state index in [9.17, 15) is 9.59 Å². The van der Waals surface area contributed by atoms with Gasteiger partial charge in [-0.05, 0) is 98.7 Å². The van der Waals surface area contributed by atoms with E-state index in [1.807, 2.05) is 0 Å². The third-order valence-corrected chi connectivity index (χ3v) is 10.7. The Hall–Kier alpha value is -1.72. The predicted octanol–water partition coefficient (Wildman–Crippen LogP) is 5.32. The van der Waals surface area contributed by atoms with E-state index in [1.165, 1.54) is 56.0 Å². The monoisotopic (exact) mass is 455 g/mol. The number of esters is 1. The normalized spacial score (nSPS) is 42.2. The topological polar surface area (TPSA) is 74.1 Å². The molecule has 0 spiro atoms. The molecule has 0 amide bonds. The molecule has 1 heterocycles. The van der Waals surface area contributed by atoms with Crippen LogP contribution in [0.15, 0.2) is 6.20 Å². The minimum absolute atomic E-state index is 0.0931. The summed E-state index contributed by atoms with van der Waals surface area (Å²) in [4.78, 5) is 25.4. The molecule has 1 aromatic rings. The van der Waals surface area contributed by atoms with E-state index < -0.39 is 5.97 Å². The Morgan fingerprint density at radius 1 is 1.06 bits per heavy atom. The summed E-state index contributed by atoms with van der Waals surface area (Å²) >= 11 is 0. The van der Waals surface area contributed by atoms with Gasteiger partial charge in [0.2, 0.25) is 0 Å².